The van der Waals surface area contributed by atoms with E-state index in [2.05, 4.69) is 15.1 Å². The molecule has 1 aromatic heterocycles. The Morgan fingerprint density at radius 1 is 1.22 bits per heavy atom. The van der Waals surface area contributed by atoms with Crippen molar-refractivity contribution in [3.63, 3.8) is 0 Å². The van der Waals surface area contributed by atoms with Crippen molar-refractivity contribution in [2.24, 2.45) is 5.10 Å². The van der Waals surface area contributed by atoms with E-state index in [1.54, 1.807) is 31.2 Å². The summed E-state index contributed by atoms with van der Waals surface area (Å²) in [6, 6.07) is 8.93. The number of rotatable bonds is 2. The summed E-state index contributed by atoms with van der Waals surface area (Å²) in [5.41, 5.74) is 0.620. The van der Waals surface area contributed by atoms with Gasteiger partial charge in [0.2, 0.25) is 5.88 Å². The Morgan fingerprint density at radius 2 is 1.91 bits per heavy atom. The van der Waals surface area contributed by atoms with Crippen LogP contribution in [0.1, 0.15) is 12.5 Å². The van der Waals surface area contributed by atoms with Crippen molar-refractivity contribution in [3.05, 3.63) is 56.6 Å². The van der Waals surface area contributed by atoms with Gasteiger partial charge < -0.3 is 10.1 Å². The van der Waals surface area contributed by atoms with Crippen LogP contribution in [0.3, 0.4) is 0 Å². The van der Waals surface area contributed by atoms with E-state index in [4.69, 9.17) is 12.2 Å². The highest BCUT2D eigenvalue weighted by Crippen LogP contribution is 2.25. The average molecular weight is 328 g/mol. The number of H-pyrrole nitrogens is 2. The maximum Gasteiger partial charge on any atom is 0.280 e. The van der Waals surface area contributed by atoms with Gasteiger partial charge in [-0.25, -0.2) is 0 Å². The standard InChI is InChI=1S/C15H12N4O3S/c1-8-10(7-11-12(20)16-15(23)17-13(11)21)14(22)19(18-8)9-5-3-2-4-6-9/h2-7H,1H3,(H3,16,17,20,21,23)/b10-7-. The number of aromatic nitrogens is 2. The minimum Gasteiger partial charge on any atom is -0.494 e. The Bertz CT molecular complexity index is 957. The number of aromatic amines is 2. The Hall–Kier alpha value is -3.00. The van der Waals surface area contributed by atoms with E-state index < -0.39 is 11.4 Å². The first-order valence-corrected chi connectivity index (χ1v) is 7.10. The number of hydrogen-bond donors (Lipinski definition) is 3. The molecular formula is C15H12N4O3S. The van der Waals surface area contributed by atoms with Crippen LogP contribution >= 0.6 is 12.2 Å². The molecule has 3 N–H and O–H groups in total. The minimum atomic E-state index is -0.586. The molecule has 0 unspecified atom stereocenters. The second-order valence-electron chi connectivity index (χ2n) is 4.87. The Labute approximate surface area is 135 Å². The predicted molar refractivity (Wildman–Crippen MR) is 88.9 cm³/mol. The topological polar surface area (TPSA) is 102 Å². The first-order chi connectivity index (χ1) is 11.0. The van der Waals surface area contributed by atoms with Crippen LogP contribution in [0.5, 0.6) is 5.88 Å². The number of hydrazone groups is 1. The van der Waals surface area contributed by atoms with Crippen LogP contribution < -0.4 is 10.6 Å². The zero-order valence-electron chi connectivity index (χ0n) is 12.0. The fraction of sp³-hybridized carbons (Fsp3) is 0.0667. The molecule has 1 amide bonds. The molecule has 23 heavy (non-hydrogen) atoms. The Morgan fingerprint density at radius 3 is 2.57 bits per heavy atom. The number of carbonyl (C=O) groups excluding carboxylic acids is 1. The number of amides is 1. The number of carbonyl (C=O) groups is 1. The quantitative estimate of drug-likeness (QED) is 0.579. The summed E-state index contributed by atoms with van der Waals surface area (Å²) in [5.74, 6) is -0.778. The molecule has 2 heterocycles. The van der Waals surface area contributed by atoms with Crippen molar-refractivity contribution in [1.29, 1.82) is 0 Å². The van der Waals surface area contributed by atoms with Gasteiger partial charge in [-0.2, -0.15) is 10.1 Å². The van der Waals surface area contributed by atoms with Crippen molar-refractivity contribution >= 4 is 35.6 Å². The maximum absolute atomic E-state index is 12.5. The van der Waals surface area contributed by atoms with Crippen LogP contribution in [0.25, 0.3) is 6.08 Å². The van der Waals surface area contributed by atoms with Crippen LogP contribution in [0.15, 0.2) is 45.8 Å². The zero-order valence-corrected chi connectivity index (χ0v) is 12.8. The lowest BCUT2D eigenvalue weighted by atomic mass is 10.1. The summed E-state index contributed by atoms with van der Waals surface area (Å²) in [5, 5.41) is 15.3. The van der Waals surface area contributed by atoms with E-state index in [0.29, 0.717) is 11.4 Å². The molecule has 1 aliphatic heterocycles. The largest absolute Gasteiger partial charge is 0.494 e. The summed E-state index contributed by atoms with van der Waals surface area (Å²) < 4.78 is 0.00343. The molecule has 0 saturated carbocycles. The molecular weight excluding hydrogens is 316 g/mol. The van der Waals surface area contributed by atoms with E-state index >= 15 is 0 Å². The van der Waals surface area contributed by atoms with Gasteiger partial charge in [0.15, 0.2) is 4.77 Å². The molecule has 1 aliphatic rings. The number of hydrogen-bond acceptors (Lipinski definition) is 5. The second kappa shape index (κ2) is 5.65. The van der Waals surface area contributed by atoms with Gasteiger partial charge in [0, 0.05) is 0 Å². The third-order valence-electron chi connectivity index (χ3n) is 3.31. The predicted octanol–water partition coefficient (Wildman–Crippen LogP) is 1.94. The van der Waals surface area contributed by atoms with Crippen molar-refractivity contribution in [2.45, 2.75) is 6.92 Å². The van der Waals surface area contributed by atoms with Gasteiger partial charge in [-0.3, -0.25) is 14.6 Å². The van der Waals surface area contributed by atoms with Crippen molar-refractivity contribution in [2.75, 3.05) is 5.01 Å². The zero-order chi connectivity index (χ0) is 16.6. The van der Waals surface area contributed by atoms with Crippen molar-refractivity contribution < 1.29 is 9.90 Å². The average Bonchev–Trinajstić information content (AvgIpc) is 2.79. The molecule has 0 spiro atoms. The van der Waals surface area contributed by atoms with Gasteiger partial charge in [-0.15, -0.1) is 0 Å². The Kier molecular flexibility index (Phi) is 3.67. The van der Waals surface area contributed by atoms with Crippen LogP contribution in [0, 0.1) is 4.77 Å². The molecule has 8 heteroatoms. The van der Waals surface area contributed by atoms with Crippen molar-refractivity contribution in [1.82, 2.24) is 9.97 Å². The number of aromatic hydroxyl groups is 1. The number of nitrogens with one attached hydrogen (secondary N) is 2. The van der Waals surface area contributed by atoms with Crippen LogP contribution in [-0.2, 0) is 4.79 Å². The molecule has 0 saturated heterocycles. The lowest BCUT2D eigenvalue weighted by molar-refractivity contribution is -0.114. The monoisotopic (exact) mass is 328 g/mol. The summed E-state index contributed by atoms with van der Waals surface area (Å²) in [4.78, 5) is 29.2. The van der Waals surface area contributed by atoms with E-state index in [1.807, 2.05) is 6.07 Å². The summed E-state index contributed by atoms with van der Waals surface area (Å²) in [7, 11) is 0. The van der Waals surface area contributed by atoms with Crippen molar-refractivity contribution in [3.8, 4) is 5.88 Å². The SMILES string of the molecule is CC1=NN(c2ccccc2)C(=O)/C1=C\c1c(O)[nH]c(=S)[nH]c1=O. The molecule has 0 fully saturated rings. The number of para-hydroxylation sites is 1. The molecule has 116 valence electrons. The summed E-state index contributed by atoms with van der Waals surface area (Å²) in [6.45, 7) is 1.66. The fourth-order valence-corrected chi connectivity index (χ4v) is 2.38. The summed E-state index contributed by atoms with van der Waals surface area (Å²) in [6.07, 6.45) is 1.30. The molecule has 0 radical (unpaired) electrons. The normalized spacial score (nSPS) is 16.0. The molecule has 7 nitrogen and oxygen atoms in total. The third kappa shape index (κ3) is 2.71. The van der Waals surface area contributed by atoms with Crippen LogP contribution in [-0.4, -0.2) is 26.7 Å². The molecule has 0 aliphatic carbocycles. The molecule has 2 aromatic rings. The molecule has 1 aromatic carbocycles. The van der Waals surface area contributed by atoms with E-state index in [-0.39, 0.29) is 21.8 Å². The smallest absolute Gasteiger partial charge is 0.280 e. The van der Waals surface area contributed by atoms with Gasteiger partial charge in [0.1, 0.15) is 5.56 Å². The fourth-order valence-electron chi connectivity index (χ4n) is 2.19. The summed E-state index contributed by atoms with van der Waals surface area (Å²) >= 11 is 4.77. The highest BCUT2D eigenvalue weighted by molar-refractivity contribution is 7.71. The van der Waals surface area contributed by atoms with Gasteiger partial charge in [-0.05, 0) is 37.4 Å². The number of nitrogens with zero attached hydrogens (tertiary/aromatic N) is 2. The van der Waals surface area contributed by atoms with Crippen LogP contribution in [0.2, 0.25) is 0 Å². The van der Waals surface area contributed by atoms with Gasteiger partial charge in [0.25, 0.3) is 11.5 Å². The molecule has 0 atom stereocenters. The van der Waals surface area contributed by atoms with E-state index in [0.717, 1.165) is 0 Å². The van der Waals surface area contributed by atoms with E-state index in [9.17, 15) is 14.7 Å². The lowest BCUT2D eigenvalue weighted by Gasteiger charge is -2.11. The molecule has 3 rings (SSSR count). The second-order valence-corrected chi connectivity index (χ2v) is 5.27. The van der Waals surface area contributed by atoms with E-state index in [1.165, 1.54) is 11.1 Å². The first kappa shape index (κ1) is 14.9. The Balaban J connectivity index is 2.06. The first-order valence-electron chi connectivity index (χ1n) is 6.69. The molecule has 0 bridgehead atoms. The van der Waals surface area contributed by atoms with Gasteiger partial charge in [-0.1, -0.05) is 18.2 Å². The highest BCUT2D eigenvalue weighted by Gasteiger charge is 2.29. The maximum atomic E-state index is 12.5. The number of anilines is 1. The lowest BCUT2D eigenvalue weighted by Crippen LogP contribution is -2.21. The number of benzene rings is 1. The van der Waals surface area contributed by atoms with Gasteiger partial charge in [0.05, 0.1) is 17.0 Å². The van der Waals surface area contributed by atoms with Gasteiger partial charge >= 0.3 is 0 Å². The van der Waals surface area contributed by atoms with Crippen LogP contribution in [0.4, 0.5) is 5.69 Å². The third-order valence-corrected chi connectivity index (χ3v) is 3.51. The highest BCUT2D eigenvalue weighted by atomic mass is 32.1. The minimum absolute atomic E-state index is 0.00343.